The van der Waals surface area contributed by atoms with Crippen molar-refractivity contribution in [3.05, 3.63) is 78.2 Å². The fourth-order valence-corrected chi connectivity index (χ4v) is 5.34. The molecule has 6 rings (SSSR count). The molecule has 4 unspecified atom stereocenters. The number of alkyl halides is 1. The van der Waals surface area contributed by atoms with E-state index in [-0.39, 0.29) is 25.2 Å². The maximum atomic E-state index is 14.6. The van der Waals surface area contributed by atoms with Crippen molar-refractivity contribution in [1.82, 2.24) is 35.7 Å². The van der Waals surface area contributed by atoms with Crippen LogP contribution in [0.5, 0.6) is 0 Å². The number of rotatable bonds is 7. The molecule has 2 aliphatic rings. The molecule has 0 aliphatic carbocycles. The molecule has 214 valence electrons. The molecule has 0 radical (unpaired) electrons. The van der Waals surface area contributed by atoms with Crippen LogP contribution < -0.4 is 16.5 Å². The van der Waals surface area contributed by atoms with E-state index in [2.05, 4.69) is 26.1 Å². The number of likely N-dealkylation sites (tertiary alicyclic amines) is 1. The molecule has 2 aromatic carbocycles. The van der Waals surface area contributed by atoms with Gasteiger partial charge in [0.15, 0.2) is 5.69 Å². The first-order valence-corrected chi connectivity index (χ1v) is 13.1. The number of hydrogen-bond acceptors (Lipinski definition) is 8. The van der Waals surface area contributed by atoms with Gasteiger partial charge in [0.25, 0.3) is 11.8 Å². The van der Waals surface area contributed by atoms with Crippen LogP contribution in [0.2, 0.25) is 0 Å². The summed E-state index contributed by atoms with van der Waals surface area (Å²) < 4.78 is 15.9. The maximum Gasteiger partial charge on any atom is 0.269 e. The number of halogens is 1. The fourth-order valence-electron chi connectivity index (χ4n) is 5.34. The Morgan fingerprint density at radius 3 is 2.64 bits per heavy atom. The second-order valence-electron chi connectivity index (χ2n) is 10.0. The Labute approximate surface area is 237 Å². The van der Waals surface area contributed by atoms with E-state index >= 15 is 0 Å². The van der Waals surface area contributed by atoms with Crippen LogP contribution in [0.15, 0.2) is 67.0 Å². The summed E-state index contributed by atoms with van der Waals surface area (Å²) in [7, 11) is 0. The molecule has 2 aromatic heterocycles. The fraction of sp³-hybridized carbons (Fsp3) is 0.250. The van der Waals surface area contributed by atoms with Crippen molar-refractivity contribution in [2.45, 2.75) is 37.3 Å². The Bertz CT molecular complexity index is 1680. The van der Waals surface area contributed by atoms with Crippen LogP contribution in [0.25, 0.3) is 22.0 Å². The van der Waals surface area contributed by atoms with Crippen LogP contribution in [-0.4, -0.2) is 73.3 Å². The van der Waals surface area contributed by atoms with Gasteiger partial charge < -0.3 is 16.0 Å². The summed E-state index contributed by atoms with van der Waals surface area (Å²) in [4.78, 5) is 57.9. The van der Waals surface area contributed by atoms with Gasteiger partial charge in [-0.3, -0.25) is 28.7 Å². The quantitative estimate of drug-likeness (QED) is 0.292. The number of hydroxylamine groups is 1. The summed E-state index contributed by atoms with van der Waals surface area (Å²) in [5.41, 5.74) is 10.4. The molecule has 4 aromatic rings. The number of carbonyl (C=O) groups excluding carboxylic acids is 4. The van der Waals surface area contributed by atoms with Crippen LogP contribution >= 0.6 is 0 Å². The smallest absolute Gasteiger partial charge is 0.269 e. The first-order valence-electron chi connectivity index (χ1n) is 13.1. The first-order chi connectivity index (χ1) is 20.3. The number of carbonyl (C=O) groups is 4. The topological polar surface area (TPSA) is 174 Å². The Morgan fingerprint density at radius 1 is 1.10 bits per heavy atom. The molecule has 4 atom stereocenters. The van der Waals surface area contributed by atoms with Crippen molar-refractivity contribution >= 4 is 34.5 Å². The van der Waals surface area contributed by atoms with Crippen molar-refractivity contribution < 1.29 is 28.4 Å². The van der Waals surface area contributed by atoms with Gasteiger partial charge in [0.2, 0.25) is 11.8 Å². The highest BCUT2D eigenvalue weighted by atomic mass is 19.1. The Hall–Kier alpha value is -5.24. The average molecular weight is 573 g/mol. The molecule has 2 saturated heterocycles. The predicted octanol–water partition coefficient (Wildman–Crippen LogP) is 0.819. The Kier molecular flexibility index (Phi) is 7.04. The third-order valence-electron chi connectivity index (χ3n) is 7.36. The van der Waals surface area contributed by atoms with E-state index < -0.39 is 48.0 Å². The summed E-state index contributed by atoms with van der Waals surface area (Å²) in [6.45, 7) is -0.691. The largest absolute Gasteiger partial charge is 0.364 e. The normalized spacial score (nSPS) is 21.8. The summed E-state index contributed by atoms with van der Waals surface area (Å²) in [5, 5.41) is 14.9. The third-order valence-corrected chi connectivity index (χ3v) is 7.36. The minimum absolute atomic E-state index is 0.0417. The molecular weight excluding hydrogens is 547 g/mol. The van der Waals surface area contributed by atoms with Crippen LogP contribution in [0.1, 0.15) is 28.6 Å². The van der Waals surface area contributed by atoms with Gasteiger partial charge >= 0.3 is 0 Å². The molecule has 14 heteroatoms. The Morgan fingerprint density at radius 2 is 1.90 bits per heavy atom. The lowest BCUT2D eigenvalue weighted by Crippen LogP contribution is -2.52. The summed E-state index contributed by atoms with van der Waals surface area (Å²) in [5.74, 6) is -2.63. The van der Waals surface area contributed by atoms with Gasteiger partial charge in [0.1, 0.15) is 30.9 Å². The van der Waals surface area contributed by atoms with Gasteiger partial charge in [-0.2, -0.15) is 15.3 Å². The molecular formula is C28H25FN8O5. The summed E-state index contributed by atoms with van der Waals surface area (Å²) >= 11 is 0. The Balaban J connectivity index is 1.23. The number of nitrogens with zero attached hydrogens (tertiary/aromatic N) is 5. The van der Waals surface area contributed by atoms with Crippen molar-refractivity contribution in [3.63, 3.8) is 0 Å². The number of hydrogen-bond donors (Lipinski definition) is 3. The molecule has 4 heterocycles. The highest BCUT2D eigenvalue weighted by Gasteiger charge is 2.44. The van der Waals surface area contributed by atoms with Gasteiger partial charge in [0.05, 0.1) is 24.5 Å². The second kappa shape index (κ2) is 11.0. The number of aromatic nitrogens is 4. The van der Waals surface area contributed by atoms with Gasteiger partial charge in [0, 0.05) is 17.4 Å². The summed E-state index contributed by atoms with van der Waals surface area (Å²) in [6.07, 6.45) is 0.610. The number of fused-ring (bicyclic) bond motifs is 1. The highest BCUT2D eigenvalue weighted by molar-refractivity contribution is 6.05. The second-order valence-corrected chi connectivity index (χ2v) is 10.0. The van der Waals surface area contributed by atoms with E-state index in [0.717, 1.165) is 16.0 Å². The van der Waals surface area contributed by atoms with Crippen LogP contribution in [0, 0.1) is 0 Å². The van der Waals surface area contributed by atoms with E-state index in [9.17, 15) is 23.6 Å². The lowest BCUT2D eigenvalue weighted by molar-refractivity contribution is -0.139. The minimum atomic E-state index is -1.45. The van der Waals surface area contributed by atoms with Crippen molar-refractivity contribution in [2.75, 3.05) is 6.54 Å². The molecule has 13 nitrogen and oxygen atoms in total. The van der Waals surface area contributed by atoms with Crippen LogP contribution in [0.4, 0.5) is 4.39 Å². The van der Waals surface area contributed by atoms with Gasteiger partial charge in [-0.15, -0.1) is 0 Å². The van der Waals surface area contributed by atoms with Crippen molar-refractivity contribution in [3.8, 4) is 11.1 Å². The lowest BCUT2D eigenvalue weighted by atomic mass is 10.0. The van der Waals surface area contributed by atoms with Gasteiger partial charge in [-0.1, -0.05) is 36.4 Å². The van der Waals surface area contributed by atoms with E-state index in [1.54, 1.807) is 60.8 Å². The van der Waals surface area contributed by atoms with Crippen molar-refractivity contribution in [2.24, 2.45) is 5.73 Å². The van der Waals surface area contributed by atoms with E-state index in [0.29, 0.717) is 16.5 Å². The number of nitrogens with two attached hydrogens (primary N) is 1. The molecule has 2 aliphatic heterocycles. The third kappa shape index (κ3) is 5.03. The van der Waals surface area contributed by atoms with Crippen LogP contribution in [0.3, 0.4) is 0 Å². The molecule has 0 saturated carbocycles. The van der Waals surface area contributed by atoms with Gasteiger partial charge in [-0.05, 0) is 29.3 Å². The number of amides is 4. The molecule has 4 amide bonds. The number of nitrogens with one attached hydrogen (secondary N) is 2. The molecule has 0 spiro atoms. The highest BCUT2D eigenvalue weighted by Crippen LogP contribution is 2.29. The van der Waals surface area contributed by atoms with Crippen LogP contribution in [-0.2, 0) is 25.8 Å². The van der Waals surface area contributed by atoms with E-state index in [1.807, 2.05) is 0 Å². The van der Waals surface area contributed by atoms with E-state index in [4.69, 9.17) is 10.6 Å². The zero-order valence-corrected chi connectivity index (χ0v) is 22.0. The van der Waals surface area contributed by atoms with Gasteiger partial charge in [-0.25, -0.2) is 9.87 Å². The van der Waals surface area contributed by atoms with E-state index in [1.165, 1.54) is 10.9 Å². The lowest BCUT2D eigenvalue weighted by Gasteiger charge is -2.25. The molecule has 0 bridgehead atoms. The monoisotopic (exact) mass is 572 g/mol. The average Bonchev–Trinajstić information content (AvgIpc) is 3.69. The number of benzene rings is 2. The zero-order chi connectivity index (χ0) is 29.4. The summed E-state index contributed by atoms with van der Waals surface area (Å²) in [6, 6.07) is 13.5. The molecule has 2 fully saturated rings. The number of primary amides is 1. The minimum Gasteiger partial charge on any atom is -0.364 e. The first kappa shape index (κ1) is 27.0. The van der Waals surface area contributed by atoms with Crippen molar-refractivity contribution in [1.29, 1.82) is 0 Å². The molecule has 4 N–H and O–H groups in total. The maximum absolute atomic E-state index is 14.6. The predicted molar refractivity (Wildman–Crippen MR) is 145 cm³/mol. The zero-order valence-electron chi connectivity index (χ0n) is 22.0. The molecule has 42 heavy (non-hydrogen) atoms. The standard InChI is InChI=1S/C28H25FN8O5/c29-18-11-21(27(40)33-24-25(42-35-28(24)41)15-4-2-1-3-5-15)36(13-18)22(38)14-37-20-7-6-16(17-8-9-31-32-12-17)10-19(20)23(34-37)26(30)39/h1-10,12,18,21,24-25H,11,13-14H2,(H2,30,39)(H,33,40)(H,35,41). The SMILES string of the molecule is NC(=O)c1nn(CC(=O)N2CC(F)CC2C(=O)NC2C(=O)NOC2c2ccccc2)c2ccc(-c3ccnnc3)cc12.